The Labute approximate surface area is 87.3 Å². The summed E-state index contributed by atoms with van der Waals surface area (Å²) in [6.45, 7) is 0. The second-order valence-electron chi connectivity index (χ2n) is 3.55. The van der Waals surface area contributed by atoms with E-state index in [1.54, 1.807) is 4.57 Å². The van der Waals surface area contributed by atoms with Gasteiger partial charge in [0.15, 0.2) is 0 Å². The Morgan fingerprint density at radius 3 is 2.93 bits per heavy atom. The molecule has 0 aliphatic carbocycles. The molecule has 0 fully saturated rings. The lowest BCUT2D eigenvalue weighted by atomic mass is 10.1. The highest BCUT2D eigenvalue weighted by molar-refractivity contribution is 7.99. The fourth-order valence-corrected chi connectivity index (χ4v) is 2.77. The van der Waals surface area contributed by atoms with Crippen LogP contribution in [0.15, 0.2) is 10.9 Å². The van der Waals surface area contributed by atoms with Gasteiger partial charge in [-0.15, -0.1) is 0 Å². The van der Waals surface area contributed by atoms with Gasteiger partial charge in [-0.05, 0) is 36.0 Å². The van der Waals surface area contributed by atoms with E-state index < -0.39 is 0 Å². The smallest absolute Gasteiger partial charge is 0.273 e. The van der Waals surface area contributed by atoms with Crippen molar-refractivity contribution in [2.75, 3.05) is 17.2 Å². The largest absolute Gasteiger partial charge is 0.394 e. The van der Waals surface area contributed by atoms with E-state index in [-0.39, 0.29) is 5.56 Å². The van der Waals surface area contributed by atoms with Crippen LogP contribution in [0.25, 0.3) is 0 Å². The van der Waals surface area contributed by atoms with Crippen LogP contribution in [0.3, 0.4) is 0 Å². The van der Waals surface area contributed by atoms with Crippen LogP contribution in [0.4, 0.5) is 5.69 Å². The van der Waals surface area contributed by atoms with Gasteiger partial charge in [0.25, 0.3) is 5.56 Å². The molecule has 1 aromatic heterocycles. The Morgan fingerprint density at radius 2 is 2.14 bits per heavy atom. The molecule has 0 radical (unpaired) electrons. The van der Waals surface area contributed by atoms with Gasteiger partial charge in [0.05, 0.1) is 5.69 Å². The molecule has 1 aliphatic heterocycles. The molecule has 4 heteroatoms. The number of rotatable bonds is 0. The topological polar surface area (TPSA) is 48.0 Å². The molecule has 0 unspecified atom stereocenters. The molecule has 1 aliphatic rings. The van der Waals surface area contributed by atoms with E-state index in [1.807, 2.05) is 24.9 Å². The van der Waals surface area contributed by atoms with E-state index in [2.05, 4.69) is 0 Å². The Hall–Kier alpha value is -0.900. The lowest BCUT2D eigenvalue weighted by molar-refractivity contribution is 0.773. The van der Waals surface area contributed by atoms with E-state index in [0.717, 1.165) is 30.0 Å². The maximum Gasteiger partial charge on any atom is 0.273 e. The number of aromatic nitrogens is 1. The van der Waals surface area contributed by atoms with Crippen LogP contribution in [0.2, 0.25) is 0 Å². The van der Waals surface area contributed by atoms with Crippen LogP contribution in [0.1, 0.15) is 11.3 Å². The highest BCUT2D eigenvalue weighted by atomic mass is 32.2. The van der Waals surface area contributed by atoms with Crippen molar-refractivity contribution in [2.24, 2.45) is 7.05 Å². The zero-order valence-corrected chi connectivity index (χ0v) is 9.06. The molecule has 0 spiro atoms. The van der Waals surface area contributed by atoms with Crippen LogP contribution >= 0.6 is 11.8 Å². The summed E-state index contributed by atoms with van der Waals surface area (Å²) in [5, 5.41) is 0. The average Bonchev–Trinajstić information content (AvgIpc) is 2.39. The first-order valence-corrected chi connectivity index (χ1v) is 5.90. The summed E-state index contributed by atoms with van der Waals surface area (Å²) in [6, 6.07) is 1.85. The van der Waals surface area contributed by atoms with Gasteiger partial charge in [-0.25, -0.2) is 0 Å². The minimum absolute atomic E-state index is 0.0596. The summed E-state index contributed by atoms with van der Waals surface area (Å²) in [7, 11) is 1.81. The number of nitrogens with zero attached hydrogens (tertiary/aromatic N) is 1. The Bertz CT molecular complexity index is 411. The van der Waals surface area contributed by atoms with Crippen LogP contribution in [-0.2, 0) is 19.9 Å². The van der Waals surface area contributed by atoms with Gasteiger partial charge in [0, 0.05) is 12.7 Å². The summed E-state index contributed by atoms with van der Waals surface area (Å²) in [6.07, 6.45) is 2.00. The molecular weight excluding hydrogens is 196 g/mol. The third-order valence-electron chi connectivity index (χ3n) is 2.66. The molecule has 3 nitrogen and oxygen atoms in total. The second-order valence-corrected chi connectivity index (χ2v) is 4.77. The molecule has 0 saturated heterocycles. The van der Waals surface area contributed by atoms with Gasteiger partial charge < -0.3 is 10.3 Å². The molecular formula is C10H14N2OS. The van der Waals surface area contributed by atoms with E-state index in [4.69, 9.17) is 5.73 Å². The lowest BCUT2D eigenvalue weighted by Gasteiger charge is -2.11. The minimum atomic E-state index is -0.0596. The molecule has 0 atom stereocenters. The van der Waals surface area contributed by atoms with Gasteiger partial charge in [-0.1, -0.05) is 0 Å². The number of hydrogen-bond donors (Lipinski definition) is 1. The van der Waals surface area contributed by atoms with Crippen molar-refractivity contribution in [3.8, 4) is 0 Å². The van der Waals surface area contributed by atoms with Crippen molar-refractivity contribution in [2.45, 2.75) is 12.8 Å². The summed E-state index contributed by atoms with van der Waals surface area (Å²) in [5.74, 6) is 2.23. The van der Waals surface area contributed by atoms with Crippen molar-refractivity contribution in [1.82, 2.24) is 4.57 Å². The van der Waals surface area contributed by atoms with E-state index >= 15 is 0 Å². The number of nitrogens with two attached hydrogens (primary N) is 1. The average molecular weight is 210 g/mol. The predicted molar refractivity (Wildman–Crippen MR) is 60.8 cm³/mol. The number of hydrogen-bond acceptors (Lipinski definition) is 3. The molecule has 0 amide bonds. The van der Waals surface area contributed by atoms with Crippen LogP contribution in [0, 0.1) is 0 Å². The molecule has 0 bridgehead atoms. The molecule has 2 N–H and O–H groups in total. The molecule has 14 heavy (non-hydrogen) atoms. The van der Waals surface area contributed by atoms with Gasteiger partial charge in [-0.3, -0.25) is 4.79 Å². The summed E-state index contributed by atoms with van der Waals surface area (Å²) >= 11 is 1.94. The molecule has 0 aromatic carbocycles. The van der Waals surface area contributed by atoms with Crippen LogP contribution in [-0.4, -0.2) is 16.1 Å². The van der Waals surface area contributed by atoms with Crippen molar-refractivity contribution in [3.05, 3.63) is 27.7 Å². The maximum absolute atomic E-state index is 11.6. The fraction of sp³-hybridized carbons (Fsp3) is 0.500. The van der Waals surface area contributed by atoms with E-state index in [0.29, 0.717) is 5.69 Å². The summed E-state index contributed by atoms with van der Waals surface area (Å²) in [4.78, 5) is 11.6. The van der Waals surface area contributed by atoms with Crippen molar-refractivity contribution < 1.29 is 0 Å². The van der Waals surface area contributed by atoms with Crippen molar-refractivity contribution >= 4 is 17.4 Å². The monoisotopic (exact) mass is 210 g/mol. The number of anilines is 1. The first-order chi connectivity index (χ1) is 6.70. The minimum Gasteiger partial charge on any atom is -0.394 e. The molecule has 2 heterocycles. The first-order valence-electron chi connectivity index (χ1n) is 4.75. The highest BCUT2D eigenvalue weighted by Gasteiger charge is 2.13. The van der Waals surface area contributed by atoms with Crippen LogP contribution < -0.4 is 11.3 Å². The summed E-state index contributed by atoms with van der Waals surface area (Å²) in [5.41, 5.74) is 8.38. The van der Waals surface area contributed by atoms with Crippen molar-refractivity contribution in [3.63, 3.8) is 0 Å². The van der Waals surface area contributed by atoms with Crippen LogP contribution in [0.5, 0.6) is 0 Å². The molecule has 76 valence electrons. The second kappa shape index (κ2) is 3.69. The molecule has 1 aromatic rings. The predicted octanol–water partition coefficient (Wildman–Crippen LogP) is 0.799. The summed E-state index contributed by atoms with van der Waals surface area (Å²) < 4.78 is 1.70. The number of pyridine rings is 1. The number of aryl methyl sites for hydroxylation is 1. The van der Waals surface area contributed by atoms with Gasteiger partial charge in [-0.2, -0.15) is 11.8 Å². The Kier molecular flexibility index (Phi) is 2.54. The Morgan fingerprint density at radius 1 is 1.43 bits per heavy atom. The van der Waals surface area contributed by atoms with Gasteiger partial charge in [0.1, 0.15) is 0 Å². The highest BCUT2D eigenvalue weighted by Crippen LogP contribution is 2.19. The standard InChI is InChI=1S/C10H14N2OS/c1-12-9-3-5-14-4-2-7(9)6-8(11)10(12)13/h6H,2-5,11H2,1H3. The normalized spacial score (nSPS) is 16.1. The zero-order chi connectivity index (χ0) is 10.1. The number of fused-ring (bicyclic) bond motifs is 1. The number of nitrogen functional groups attached to an aromatic ring is 1. The lowest BCUT2D eigenvalue weighted by Crippen LogP contribution is -2.24. The fourth-order valence-electron chi connectivity index (χ4n) is 1.86. The van der Waals surface area contributed by atoms with Crippen molar-refractivity contribution in [1.29, 1.82) is 0 Å². The number of thioether (sulfide) groups is 1. The zero-order valence-electron chi connectivity index (χ0n) is 8.25. The van der Waals surface area contributed by atoms with Gasteiger partial charge >= 0.3 is 0 Å². The third-order valence-corrected chi connectivity index (χ3v) is 3.64. The molecule has 2 rings (SSSR count). The molecule has 0 saturated carbocycles. The first kappa shape index (κ1) is 9.65. The van der Waals surface area contributed by atoms with Gasteiger partial charge in [0.2, 0.25) is 0 Å². The van der Waals surface area contributed by atoms with E-state index in [9.17, 15) is 4.79 Å². The van der Waals surface area contributed by atoms with E-state index in [1.165, 1.54) is 5.56 Å². The maximum atomic E-state index is 11.6. The Balaban J connectivity index is 2.61. The third kappa shape index (κ3) is 1.54. The quantitative estimate of drug-likeness (QED) is 0.689. The SMILES string of the molecule is Cn1c2c(cc(N)c1=O)CCSCC2.